The fourth-order valence-corrected chi connectivity index (χ4v) is 10.7. The number of carbonyl (C=O) groups is 1. The van der Waals surface area contributed by atoms with Gasteiger partial charge in [-0.05, 0) is 84.6 Å². The van der Waals surface area contributed by atoms with Gasteiger partial charge in [-0.15, -0.1) is 0 Å². The number of methoxy groups -OCH3 is 2. The number of sulfone groups is 1. The summed E-state index contributed by atoms with van der Waals surface area (Å²) in [5, 5.41) is 0. The third kappa shape index (κ3) is 7.25. The molecule has 4 aromatic rings. The predicted octanol–water partition coefficient (Wildman–Crippen LogP) is 8.40. The Bertz CT molecular complexity index is 1960. The van der Waals surface area contributed by atoms with Crippen molar-refractivity contribution < 1.29 is 49.4 Å². The summed E-state index contributed by atoms with van der Waals surface area (Å²) in [7, 11) is -1.57. The van der Waals surface area contributed by atoms with Gasteiger partial charge in [-0.25, -0.2) is 21.5 Å². The van der Waals surface area contributed by atoms with Crippen LogP contribution in [0, 0.1) is 23.5 Å². The van der Waals surface area contributed by atoms with Crippen LogP contribution in [-0.2, 0) is 38.6 Å². The SMILES string of the molecule is COc1ccc(CN(Cc2ccc(OC)cc2)SCC[C@@H]2C(=O)CC[C@@]3(S(=O)(=O)c4ccc(C(F)(F)F)cc4)c4c(F)ccc(F)c4OC[C@@H]23)cc1. The third-order valence-corrected chi connectivity index (χ3v) is 13.4. The quantitative estimate of drug-likeness (QED) is 0.105. The molecule has 0 spiro atoms. The van der Waals surface area contributed by atoms with E-state index in [-0.39, 0.29) is 25.0 Å². The lowest BCUT2D eigenvalue weighted by atomic mass is 9.66. The number of halogens is 5. The first-order valence-electron chi connectivity index (χ1n) is 16.5. The van der Waals surface area contributed by atoms with Crippen molar-refractivity contribution >= 4 is 27.6 Å². The Hall–Kier alpha value is -4.14. The number of rotatable bonds is 12. The summed E-state index contributed by atoms with van der Waals surface area (Å²) in [5.41, 5.74) is 0.390. The number of ether oxygens (including phenoxy) is 3. The van der Waals surface area contributed by atoms with Crippen molar-refractivity contribution in [1.82, 2.24) is 4.31 Å². The molecule has 1 fully saturated rings. The summed E-state index contributed by atoms with van der Waals surface area (Å²) >= 11 is 1.45. The second kappa shape index (κ2) is 15.1. The number of ketones is 1. The Labute approximate surface area is 303 Å². The Balaban J connectivity index is 1.32. The lowest BCUT2D eigenvalue weighted by Crippen LogP contribution is -2.56. The molecular formula is C38H36F5NO6S2. The number of fused-ring (bicyclic) bond motifs is 3. The Kier molecular flexibility index (Phi) is 10.9. The minimum absolute atomic E-state index is 0.176. The van der Waals surface area contributed by atoms with Crippen molar-refractivity contribution in [2.45, 2.75) is 48.2 Å². The normalized spacial score (nSPS) is 20.2. The van der Waals surface area contributed by atoms with E-state index in [0.717, 1.165) is 35.4 Å². The summed E-state index contributed by atoms with van der Waals surface area (Å²) in [6, 6.07) is 19.7. The highest BCUT2D eigenvalue weighted by atomic mass is 32.2. The van der Waals surface area contributed by atoms with E-state index in [4.69, 9.17) is 14.2 Å². The maximum absolute atomic E-state index is 15.9. The van der Waals surface area contributed by atoms with Gasteiger partial charge in [0, 0.05) is 37.1 Å². The van der Waals surface area contributed by atoms with Crippen LogP contribution < -0.4 is 14.2 Å². The fourth-order valence-electron chi connectivity index (χ4n) is 7.22. The Morgan fingerprint density at radius 2 is 1.40 bits per heavy atom. The summed E-state index contributed by atoms with van der Waals surface area (Å²) in [4.78, 5) is 13.2. The van der Waals surface area contributed by atoms with E-state index in [1.165, 1.54) is 11.9 Å². The lowest BCUT2D eigenvalue weighted by Gasteiger charge is -2.49. The Morgan fingerprint density at radius 3 is 1.94 bits per heavy atom. The van der Waals surface area contributed by atoms with E-state index in [1.54, 1.807) is 14.2 Å². The first-order chi connectivity index (χ1) is 24.8. The van der Waals surface area contributed by atoms with Gasteiger partial charge >= 0.3 is 6.18 Å². The van der Waals surface area contributed by atoms with Gasteiger partial charge in [0.2, 0.25) is 0 Å². The molecule has 3 atom stereocenters. The van der Waals surface area contributed by atoms with Crippen LogP contribution in [0.2, 0.25) is 0 Å². The molecule has 0 radical (unpaired) electrons. The highest BCUT2D eigenvalue weighted by Gasteiger charge is 2.62. The molecule has 6 rings (SSSR count). The number of carbonyl (C=O) groups excluding carboxylic acids is 1. The van der Waals surface area contributed by atoms with E-state index in [9.17, 15) is 26.4 Å². The second-order valence-corrected chi connectivity index (χ2v) is 16.1. The van der Waals surface area contributed by atoms with Crippen molar-refractivity contribution in [3.63, 3.8) is 0 Å². The molecule has 4 aromatic carbocycles. The van der Waals surface area contributed by atoms with Gasteiger partial charge in [0.1, 0.15) is 27.8 Å². The number of alkyl halides is 3. The van der Waals surface area contributed by atoms with E-state index in [0.29, 0.717) is 42.5 Å². The van der Waals surface area contributed by atoms with Crippen molar-refractivity contribution in [1.29, 1.82) is 0 Å². The minimum Gasteiger partial charge on any atom is -0.497 e. The highest BCUT2D eigenvalue weighted by Crippen LogP contribution is 2.58. The van der Waals surface area contributed by atoms with Gasteiger partial charge in [0.25, 0.3) is 0 Å². The number of hydrogen-bond donors (Lipinski definition) is 0. The standard InChI is InChI=1S/C38H36F5NO6S2/c1-48-27-9-3-24(4-10-27)21-44(22-25-5-11-28(49-2)12-6-25)51-20-18-30-31-23-50-36-33(40)16-15-32(39)35(36)37(31,19-17-34(30)45)52(46,47)29-13-7-26(8-14-29)38(41,42)43/h3-16,30-31H,17-23H2,1-2H3/t30-,31-,37-/m0/s1. The molecule has 14 heteroatoms. The second-order valence-electron chi connectivity index (χ2n) is 12.8. The lowest BCUT2D eigenvalue weighted by molar-refractivity contribution is -0.137. The number of nitrogens with zero attached hydrogens (tertiary/aromatic N) is 1. The van der Waals surface area contributed by atoms with Gasteiger partial charge in [0.05, 0.1) is 36.8 Å². The van der Waals surface area contributed by atoms with Crippen molar-refractivity contribution in [3.05, 3.63) is 119 Å². The topological polar surface area (TPSA) is 82.1 Å². The van der Waals surface area contributed by atoms with E-state index in [2.05, 4.69) is 4.31 Å². The summed E-state index contributed by atoms with van der Waals surface area (Å²) in [6.07, 6.45) is -5.20. The monoisotopic (exact) mass is 761 g/mol. The van der Waals surface area contributed by atoms with Crippen LogP contribution in [-0.4, -0.2) is 45.1 Å². The van der Waals surface area contributed by atoms with Crippen LogP contribution in [0.4, 0.5) is 22.0 Å². The molecule has 276 valence electrons. The molecule has 0 saturated heterocycles. The molecule has 1 saturated carbocycles. The van der Waals surface area contributed by atoms with Crippen LogP contribution >= 0.6 is 11.9 Å². The highest BCUT2D eigenvalue weighted by molar-refractivity contribution is 7.96. The Morgan fingerprint density at radius 1 is 0.846 bits per heavy atom. The third-order valence-electron chi connectivity index (χ3n) is 9.84. The van der Waals surface area contributed by atoms with Gasteiger partial charge < -0.3 is 14.2 Å². The molecule has 0 aromatic heterocycles. The van der Waals surface area contributed by atoms with Gasteiger partial charge in [-0.2, -0.15) is 13.2 Å². The van der Waals surface area contributed by atoms with Crippen molar-refractivity contribution in [3.8, 4) is 17.2 Å². The minimum atomic E-state index is -4.73. The van der Waals surface area contributed by atoms with E-state index in [1.807, 2.05) is 48.5 Å². The molecule has 0 unspecified atom stereocenters. The first-order valence-corrected chi connectivity index (χ1v) is 18.9. The summed E-state index contributed by atoms with van der Waals surface area (Å²) in [5.74, 6) is -3.16. The van der Waals surface area contributed by atoms with Crippen LogP contribution in [0.1, 0.15) is 41.5 Å². The zero-order valence-corrected chi connectivity index (χ0v) is 29.9. The van der Waals surface area contributed by atoms with Crippen LogP contribution in [0.5, 0.6) is 17.2 Å². The largest absolute Gasteiger partial charge is 0.497 e. The molecule has 0 amide bonds. The summed E-state index contributed by atoms with van der Waals surface area (Å²) < 4.78 is 117. The molecule has 0 N–H and O–H groups in total. The number of hydrogen-bond acceptors (Lipinski definition) is 8. The average Bonchev–Trinajstić information content (AvgIpc) is 3.13. The van der Waals surface area contributed by atoms with E-state index < -0.39 is 72.6 Å². The van der Waals surface area contributed by atoms with Gasteiger partial charge in [-0.1, -0.05) is 36.2 Å². The molecule has 52 heavy (non-hydrogen) atoms. The molecule has 7 nitrogen and oxygen atoms in total. The van der Waals surface area contributed by atoms with Gasteiger partial charge in [-0.3, -0.25) is 4.79 Å². The zero-order chi connectivity index (χ0) is 37.3. The predicted molar refractivity (Wildman–Crippen MR) is 186 cm³/mol. The maximum Gasteiger partial charge on any atom is 0.416 e. The number of benzene rings is 4. The number of Topliss-reactive ketones (excluding diaryl/α,β-unsaturated/α-hetero) is 1. The van der Waals surface area contributed by atoms with Gasteiger partial charge in [0.15, 0.2) is 21.4 Å². The molecule has 2 aliphatic rings. The van der Waals surface area contributed by atoms with Crippen LogP contribution in [0.25, 0.3) is 0 Å². The molecule has 1 aliphatic heterocycles. The summed E-state index contributed by atoms with van der Waals surface area (Å²) in [6.45, 7) is 0.613. The molecular weight excluding hydrogens is 726 g/mol. The maximum atomic E-state index is 15.9. The zero-order valence-electron chi connectivity index (χ0n) is 28.3. The average molecular weight is 762 g/mol. The smallest absolute Gasteiger partial charge is 0.416 e. The molecule has 0 bridgehead atoms. The van der Waals surface area contributed by atoms with Crippen molar-refractivity contribution in [2.24, 2.45) is 11.8 Å². The fraction of sp³-hybridized carbons (Fsp3) is 0.342. The van der Waals surface area contributed by atoms with E-state index >= 15 is 8.78 Å². The van der Waals surface area contributed by atoms with Crippen LogP contribution in [0.3, 0.4) is 0 Å². The molecule has 1 aliphatic carbocycles. The molecule has 1 heterocycles. The van der Waals surface area contributed by atoms with Crippen molar-refractivity contribution in [2.75, 3.05) is 26.6 Å². The van der Waals surface area contributed by atoms with Crippen LogP contribution in [0.15, 0.2) is 89.8 Å². The first kappa shape index (κ1) is 37.6.